The van der Waals surface area contributed by atoms with Crippen molar-refractivity contribution in [2.75, 3.05) is 25.1 Å². The van der Waals surface area contributed by atoms with Crippen LogP contribution in [0.1, 0.15) is 23.3 Å². The molecule has 2 heterocycles. The predicted molar refractivity (Wildman–Crippen MR) is 68.5 cm³/mol. The number of hydrogen-bond acceptors (Lipinski definition) is 4. The molecule has 1 aliphatic heterocycles. The van der Waals surface area contributed by atoms with Gasteiger partial charge in [0.2, 0.25) is 0 Å². The SMILES string of the molecule is COC1CCCN(c2ccc(Cl)c(C(=O)O)n2)C1. The van der Waals surface area contributed by atoms with E-state index in [2.05, 4.69) is 4.98 Å². The lowest BCUT2D eigenvalue weighted by atomic mass is 10.1. The minimum Gasteiger partial charge on any atom is -0.476 e. The summed E-state index contributed by atoms with van der Waals surface area (Å²) >= 11 is 5.80. The standard InChI is InChI=1S/C12H15ClN2O3/c1-18-8-3-2-6-15(7-8)10-5-4-9(13)11(14-10)12(16)17/h4-5,8H,2-3,6-7H2,1H3,(H,16,17). The Balaban J connectivity index is 2.22. The smallest absolute Gasteiger partial charge is 0.356 e. The quantitative estimate of drug-likeness (QED) is 0.911. The zero-order valence-electron chi connectivity index (χ0n) is 10.1. The largest absolute Gasteiger partial charge is 0.476 e. The van der Waals surface area contributed by atoms with E-state index in [1.807, 2.05) is 4.90 Å². The molecule has 18 heavy (non-hydrogen) atoms. The van der Waals surface area contributed by atoms with Crippen molar-refractivity contribution in [3.8, 4) is 0 Å². The van der Waals surface area contributed by atoms with Gasteiger partial charge < -0.3 is 14.7 Å². The number of ether oxygens (including phenoxy) is 1. The minimum atomic E-state index is -1.11. The van der Waals surface area contributed by atoms with E-state index in [4.69, 9.17) is 21.4 Å². The summed E-state index contributed by atoms with van der Waals surface area (Å²) in [6, 6.07) is 3.32. The highest BCUT2D eigenvalue weighted by Gasteiger charge is 2.22. The summed E-state index contributed by atoms with van der Waals surface area (Å²) in [5.74, 6) is -0.472. The van der Waals surface area contributed by atoms with Gasteiger partial charge in [-0.25, -0.2) is 9.78 Å². The number of anilines is 1. The molecule has 1 aromatic heterocycles. The molecule has 0 bridgehead atoms. The number of piperidine rings is 1. The maximum absolute atomic E-state index is 11.0. The molecular weight excluding hydrogens is 256 g/mol. The fourth-order valence-electron chi connectivity index (χ4n) is 2.10. The van der Waals surface area contributed by atoms with Crippen LogP contribution in [0.4, 0.5) is 5.82 Å². The second-order valence-electron chi connectivity index (χ2n) is 4.25. The second-order valence-corrected chi connectivity index (χ2v) is 4.66. The van der Waals surface area contributed by atoms with Crippen molar-refractivity contribution in [2.45, 2.75) is 18.9 Å². The van der Waals surface area contributed by atoms with Crippen molar-refractivity contribution < 1.29 is 14.6 Å². The lowest BCUT2D eigenvalue weighted by Crippen LogP contribution is -2.39. The van der Waals surface area contributed by atoms with Gasteiger partial charge in [-0.3, -0.25) is 0 Å². The summed E-state index contributed by atoms with van der Waals surface area (Å²) in [6.45, 7) is 1.58. The molecule has 1 saturated heterocycles. The van der Waals surface area contributed by atoms with Crippen LogP contribution in [0.15, 0.2) is 12.1 Å². The molecule has 1 aromatic rings. The van der Waals surface area contributed by atoms with Gasteiger partial charge >= 0.3 is 5.97 Å². The van der Waals surface area contributed by atoms with Crippen LogP contribution in [0.5, 0.6) is 0 Å². The van der Waals surface area contributed by atoms with E-state index >= 15 is 0 Å². The van der Waals surface area contributed by atoms with Gasteiger partial charge in [0.25, 0.3) is 0 Å². The topological polar surface area (TPSA) is 62.7 Å². The highest BCUT2D eigenvalue weighted by molar-refractivity contribution is 6.33. The summed E-state index contributed by atoms with van der Waals surface area (Å²) in [5.41, 5.74) is -0.103. The van der Waals surface area contributed by atoms with Crippen molar-refractivity contribution in [3.63, 3.8) is 0 Å². The Morgan fingerprint density at radius 3 is 3.06 bits per heavy atom. The zero-order valence-corrected chi connectivity index (χ0v) is 10.9. The van der Waals surface area contributed by atoms with Gasteiger partial charge in [0.1, 0.15) is 5.82 Å². The van der Waals surface area contributed by atoms with Crippen LogP contribution in [-0.2, 0) is 4.74 Å². The lowest BCUT2D eigenvalue weighted by Gasteiger charge is -2.32. The van der Waals surface area contributed by atoms with Crippen molar-refractivity contribution in [1.29, 1.82) is 0 Å². The van der Waals surface area contributed by atoms with E-state index in [1.54, 1.807) is 19.2 Å². The Hall–Kier alpha value is -1.33. The molecule has 0 radical (unpaired) electrons. The molecule has 1 unspecified atom stereocenters. The Morgan fingerprint density at radius 2 is 2.39 bits per heavy atom. The van der Waals surface area contributed by atoms with E-state index in [0.29, 0.717) is 5.82 Å². The summed E-state index contributed by atoms with van der Waals surface area (Å²) < 4.78 is 5.33. The first-order chi connectivity index (χ1) is 8.61. The number of aromatic carboxylic acids is 1. The Bertz CT molecular complexity index is 453. The van der Waals surface area contributed by atoms with Crippen LogP contribution in [0, 0.1) is 0 Å². The first-order valence-electron chi connectivity index (χ1n) is 5.79. The summed E-state index contributed by atoms with van der Waals surface area (Å²) in [4.78, 5) is 17.1. The lowest BCUT2D eigenvalue weighted by molar-refractivity contribution is 0.0690. The van der Waals surface area contributed by atoms with Crippen LogP contribution in [0.3, 0.4) is 0 Å². The average Bonchev–Trinajstić information content (AvgIpc) is 2.39. The van der Waals surface area contributed by atoms with Crippen LogP contribution in [0.2, 0.25) is 5.02 Å². The van der Waals surface area contributed by atoms with Gasteiger partial charge in [0, 0.05) is 20.2 Å². The minimum absolute atomic E-state index is 0.103. The third-order valence-corrected chi connectivity index (χ3v) is 3.37. The summed E-state index contributed by atoms with van der Waals surface area (Å²) in [6.07, 6.45) is 2.20. The molecule has 0 aromatic carbocycles. The third kappa shape index (κ3) is 2.73. The Labute approximate surface area is 110 Å². The normalized spacial score (nSPS) is 19.9. The van der Waals surface area contributed by atoms with Crippen molar-refractivity contribution in [2.24, 2.45) is 0 Å². The van der Waals surface area contributed by atoms with Gasteiger partial charge in [-0.2, -0.15) is 0 Å². The molecule has 1 aliphatic rings. The maximum Gasteiger partial charge on any atom is 0.356 e. The van der Waals surface area contributed by atoms with Gasteiger partial charge in [0.05, 0.1) is 11.1 Å². The monoisotopic (exact) mass is 270 g/mol. The van der Waals surface area contributed by atoms with E-state index in [-0.39, 0.29) is 16.8 Å². The fourth-order valence-corrected chi connectivity index (χ4v) is 2.28. The van der Waals surface area contributed by atoms with Crippen molar-refractivity contribution >= 4 is 23.4 Å². The highest BCUT2D eigenvalue weighted by Crippen LogP contribution is 2.23. The van der Waals surface area contributed by atoms with Crippen LogP contribution < -0.4 is 4.90 Å². The average molecular weight is 271 g/mol. The molecule has 0 spiro atoms. The van der Waals surface area contributed by atoms with E-state index in [0.717, 1.165) is 25.9 Å². The molecule has 2 rings (SSSR count). The number of aromatic nitrogens is 1. The number of carbonyl (C=O) groups is 1. The Morgan fingerprint density at radius 1 is 1.61 bits per heavy atom. The molecule has 0 saturated carbocycles. The molecule has 1 fully saturated rings. The number of nitrogens with zero attached hydrogens (tertiary/aromatic N) is 2. The van der Waals surface area contributed by atoms with E-state index in [1.165, 1.54) is 0 Å². The second kappa shape index (κ2) is 5.54. The van der Waals surface area contributed by atoms with Crippen LogP contribution >= 0.6 is 11.6 Å². The van der Waals surface area contributed by atoms with Crippen molar-refractivity contribution in [1.82, 2.24) is 4.98 Å². The number of pyridine rings is 1. The zero-order chi connectivity index (χ0) is 13.1. The molecule has 0 aliphatic carbocycles. The molecule has 5 nitrogen and oxygen atoms in total. The van der Waals surface area contributed by atoms with Crippen LogP contribution in [0.25, 0.3) is 0 Å². The number of rotatable bonds is 3. The van der Waals surface area contributed by atoms with Gasteiger partial charge in [-0.15, -0.1) is 0 Å². The van der Waals surface area contributed by atoms with Crippen LogP contribution in [-0.4, -0.2) is 42.4 Å². The van der Waals surface area contributed by atoms with Gasteiger partial charge in [-0.1, -0.05) is 11.6 Å². The number of hydrogen-bond donors (Lipinski definition) is 1. The van der Waals surface area contributed by atoms with Gasteiger partial charge in [-0.05, 0) is 25.0 Å². The number of carboxylic acid groups (broad SMARTS) is 1. The van der Waals surface area contributed by atoms with E-state index < -0.39 is 5.97 Å². The molecule has 98 valence electrons. The molecule has 0 amide bonds. The molecule has 1 N–H and O–H groups in total. The third-order valence-electron chi connectivity index (χ3n) is 3.07. The highest BCUT2D eigenvalue weighted by atomic mass is 35.5. The number of carboxylic acids is 1. The number of methoxy groups -OCH3 is 1. The van der Waals surface area contributed by atoms with Gasteiger partial charge in [0.15, 0.2) is 5.69 Å². The summed E-state index contributed by atoms with van der Waals surface area (Å²) in [5, 5.41) is 9.16. The molecule has 6 heteroatoms. The summed E-state index contributed by atoms with van der Waals surface area (Å²) in [7, 11) is 1.69. The first-order valence-corrected chi connectivity index (χ1v) is 6.17. The molecule has 1 atom stereocenters. The maximum atomic E-state index is 11.0. The van der Waals surface area contributed by atoms with E-state index in [9.17, 15) is 4.79 Å². The first kappa shape index (κ1) is 13.1. The van der Waals surface area contributed by atoms with Crippen molar-refractivity contribution in [3.05, 3.63) is 22.8 Å². The Kier molecular flexibility index (Phi) is 4.04. The predicted octanol–water partition coefficient (Wildman–Crippen LogP) is 2.05. The molecular formula is C12H15ClN2O3. The fraction of sp³-hybridized carbons (Fsp3) is 0.500. The number of halogens is 1.